The Morgan fingerprint density at radius 3 is 2.03 bits per heavy atom. The van der Waals surface area contributed by atoms with Crippen LogP contribution >= 0.6 is 0 Å². The van der Waals surface area contributed by atoms with Crippen molar-refractivity contribution in [2.75, 3.05) is 33.5 Å². The van der Waals surface area contributed by atoms with Gasteiger partial charge in [0.05, 0.1) is 20.2 Å². The molecule has 1 aliphatic rings. The highest BCUT2D eigenvalue weighted by molar-refractivity contribution is 6.43. The van der Waals surface area contributed by atoms with Crippen LogP contribution in [0, 0.1) is 10.8 Å². The summed E-state index contributed by atoms with van der Waals surface area (Å²) in [5, 5.41) is 16.5. The van der Waals surface area contributed by atoms with Crippen molar-refractivity contribution >= 4 is 17.6 Å². The van der Waals surface area contributed by atoms with Crippen LogP contribution in [-0.2, 0) is 14.3 Å². The molecule has 0 amide bonds. The van der Waals surface area contributed by atoms with Crippen LogP contribution in [0.1, 0.15) is 117 Å². The molecule has 0 aliphatic carbocycles. The molecule has 0 spiro atoms. The largest absolute Gasteiger partial charge is 0.477 e. The summed E-state index contributed by atoms with van der Waals surface area (Å²) in [5.74, 6) is -0.164. The first-order valence-corrected chi connectivity index (χ1v) is 13.9. The molecule has 34 heavy (non-hydrogen) atoms. The molecular formula is C28H52N3O3+. The van der Waals surface area contributed by atoms with Gasteiger partial charge >= 0.3 is 5.97 Å². The maximum atomic E-state index is 12.2. The molecule has 6 nitrogen and oxygen atoms in total. The lowest BCUT2D eigenvalue weighted by atomic mass is 10.0. The predicted octanol–water partition coefficient (Wildman–Crippen LogP) is 7.17. The maximum absolute atomic E-state index is 12.2. The molecular weight excluding hydrogens is 426 g/mol. The molecule has 2 N–H and O–H groups in total. The number of carbonyl (C=O) groups is 1. The van der Waals surface area contributed by atoms with Gasteiger partial charge in [0.25, 0.3) is 0 Å². The fourth-order valence-corrected chi connectivity index (χ4v) is 4.37. The van der Waals surface area contributed by atoms with Crippen molar-refractivity contribution in [1.82, 2.24) is 0 Å². The fraction of sp³-hybridized carbons (Fsp3) is 0.821. The van der Waals surface area contributed by atoms with E-state index in [2.05, 4.69) is 20.9 Å². The van der Waals surface area contributed by atoms with E-state index in [4.69, 9.17) is 20.3 Å². The third-order valence-electron chi connectivity index (χ3n) is 6.68. The van der Waals surface area contributed by atoms with Crippen LogP contribution in [0.3, 0.4) is 0 Å². The van der Waals surface area contributed by atoms with E-state index in [0.717, 1.165) is 44.2 Å². The van der Waals surface area contributed by atoms with E-state index in [-0.39, 0.29) is 17.6 Å². The molecule has 0 aromatic carbocycles. The van der Waals surface area contributed by atoms with Crippen LogP contribution in [0.5, 0.6) is 0 Å². The highest BCUT2D eigenvalue weighted by Crippen LogP contribution is 2.19. The van der Waals surface area contributed by atoms with E-state index in [9.17, 15) is 4.79 Å². The SMILES string of the molecule is CCCCCCCCCCCCC(=O)OC[N+]1(C)CCC=C(C(=N)C(=N)OCCCCCC)C1. The summed E-state index contributed by atoms with van der Waals surface area (Å²) in [6.45, 7) is 6.70. The minimum absolute atomic E-state index is 0.0471. The van der Waals surface area contributed by atoms with Crippen LogP contribution < -0.4 is 0 Å². The van der Waals surface area contributed by atoms with E-state index in [1.165, 1.54) is 64.2 Å². The summed E-state index contributed by atoms with van der Waals surface area (Å²) in [6.07, 6.45) is 20.2. The zero-order valence-electron chi connectivity index (χ0n) is 22.4. The number of ether oxygens (including phenoxy) is 2. The van der Waals surface area contributed by atoms with Crippen molar-refractivity contribution in [1.29, 1.82) is 10.8 Å². The molecule has 0 saturated heterocycles. The first kappa shape index (κ1) is 30.3. The van der Waals surface area contributed by atoms with Gasteiger partial charge in [0.15, 0.2) is 0 Å². The summed E-state index contributed by atoms with van der Waals surface area (Å²) in [5.41, 5.74) is 0.981. The first-order chi connectivity index (χ1) is 16.4. The highest BCUT2D eigenvalue weighted by atomic mass is 16.5. The molecule has 0 aromatic rings. The monoisotopic (exact) mass is 478 g/mol. The van der Waals surface area contributed by atoms with Gasteiger partial charge in [-0.3, -0.25) is 20.1 Å². The molecule has 1 atom stereocenters. The molecule has 6 heteroatoms. The number of hydrogen-bond donors (Lipinski definition) is 2. The number of hydrogen-bond acceptors (Lipinski definition) is 5. The lowest BCUT2D eigenvalue weighted by Gasteiger charge is -2.36. The average molecular weight is 479 g/mol. The number of rotatable bonds is 20. The van der Waals surface area contributed by atoms with Crippen LogP contribution in [-0.4, -0.2) is 55.5 Å². The number of nitrogens with zero attached hydrogens (tertiary/aromatic N) is 1. The van der Waals surface area contributed by atoms with Gasteiger partial charge in [-0.2, -0.15) is 0 Å². The minimum Gasteiger partial charge on any atom is -0.477 e. The maximum Gasteiger partial charge on any atom is 0.310 e. The van der Waals surface area contributed by atoms with Gasteiger partial charge in [0.1, 0.15) is 12.3 Å². The van der Waals surface area contributed by atoms with Gasteiger partial charge in [-0.1, -0.05) is 97.0 Å². The zero-order chi connectivity index (χ0) is 25.1. The molecule has 0 saturated carbocycles. The predicted molar refractivity (Wildman–Crippen MR) is 142 cm³/mol. The molecule has 0 bridgehead atoms. The summed E-state index contributed by atoms with van der Waals surface area (Å²) in [4.78, 5) is 12.2. The van der Waals surface area contributed by atoms with E-state index < -0.39 is 0 Å². The van der Waals surface area contributed by atoms with Crippen molar-refractivity contribution < 1.29 is 18.8 Å². The molecule has 0 fully saturated rings. The normalized spacial score (nSPS) is 17.8. The highest BCUT2D eigenvalue weighted by Gasteiger charge is 2.30. The van der Waals surface area contributed by atoms with Gasteiger partial charge in [-0.25, -0.2) is 0 Å². The second-order valence-electron chi connectivity index (χ2n) is 10.2. The third kappa shape index (κ3) is 13.9. The Morgan fingerprint density at radius 2 is 1.41 bits per heavy atom. The number of carbonyl (C=O) groups excluding carboxylic acids is 1. The quantitative estimate of drug-likeness (QED) is 0.0639. The Hall–Kier alpha value is -1.69. The number of nitrogens with one attached hydrogen (secondary N) is 2. The summed E-state index contributed by atoms with van der Waals surface area (Å²) in [6, 6.07) is 0. The van der Waals surface area contributed by atoms with Crippen molar-refractivity contribution in [3.05, 3.63) is 11.6 Å². The molecule has 0 aromatic heterocycles. The zero-order valence-corrected chi connectivity index (χ0v) is 22.4. The Kier molecular flexibility index (Phi) is 16.6. The van der Waals surface area contributed by atoms with Gasteiger partial charge in [0, 0.05) is 18.4 Å². The molecule has 1 rings (SSSR count). The minimum atomic E-state index is -0.117. The fourth-order valence-electron chi connectivity index (χ4n) is 4.37. The number of esters is 1. The summed E-state index contributed by atoms with van der Waals surface area (Å²) >= 11 is 0. The Balaban J connectivity index is 2.20. The van der Waals surface area contributed by atoms with Crippen molar-refractivity contribution in [3.8, 4) is 0 Å². The van der Waals surface area contributed by atoms with Crippen LogP contribution in [0.25, 0.3) is 0 Å². The van der Waals surface area contributed by atoms with E-state index in [0.29, 0.717) is 30.8 Å². The molecule has 196 valence electrons. The smallest absolute Gasteiger partial charge is 0.310 e. The first-order valence-electron chi connectivity index (χ1n) is 13.9. The Bertz CT molecular complexity index is 632. The molecule has 0 radical (unpaired) electrons. The van der Waals surface area contributed by atoms with Crippen molar-refractivity contribution in [3.63, 3.8) is 0 Å². The Morgan fingerprint density at radius 1 is 0.853 bits per heavy atom. The van der Waals surface area contributed by atoms with Crippen molar-refractivity contribution in [2.24, 2.45) is 0 Å². The van der Waals surface area contributed by atoms with E-state index in [1.54, 1.807) is 0 Å². The lowest BCUT2D eigenvalue weighted by Crippen LogP contribution is -2.51. The van der Waals surface area contributed by atoms with Gasteiger partial charge in [-0.15, -0.1) is 0 Å². The number of quaternary nitrogens is 1. The van der Waals surface area contributed by atoms with Crippen molar-refractivity contribution in [2.45, 2.75) is 117 Å². The van der Waals surface area contributed by atoms with Gasteiger partial charge in [-0.05, 0) is 12.8 Å². The number of unbranched alkanes of at least 4 members (excludes halogenated alkanes) is 12. The lowest BCUT2D eigenvalue weighted by molar-refractivity contribution is -0.922. The van der Waals surface area contributed by atoms with Gasteiger partial charge < -0.3 is 9.47 Å². The summed E-state index contributed by atoms with van der Waals surface area (Å²) < 4.78 is 11.7. The molecule has 1 unspecified atom stereocenters. The third-order valence-corrected chi connectivity index (χ3v) is 6.68. The van der Waals surface area contributed by atoms with Gasteiger partial charge in [0.2, 0.25) is 12.6 Å². The second-order valence-corrected chi connectivity index (χ2v) is 10.2. The number of likely N-dealkylation sites (N-methyl/N-ethyl adjacent to an activating group) is 1. The Labute approximate surface area is 209 Å². The van der Waals surface area contributed by atoms with Crippen LogP contribution in [0.4, 0.5) is 0 Å². The van der Waals surface area contributed by atoms with Crippen LogP contribution in [0.2, 0.25) is 0 Å². The van der Waals surface area contributed by atoms with E-state index >= 15 is 0 Å². The topological polar surface area (TPSA) is 83.2 Å². The standard InChI is InChI=1S/C28H52N3O3/c1-4-6-8-10-11-12-13-14-15-16-20-26(32)34-24-31(3)21-18-19-25(23-31)27(29)28(30)33-22-17-9-7-5-2/h19,29-30H,4-18,20-24H2,1-3H3/q+1. The average Bonchev–Trinajstić information content (AvgIpc) is 2.83. The summed E-state index contributed by atoms with van der Waals surface area (Å²) in [7, 11) is 2.06. The van der Waals surface area contributed by atoms with E-state index in [1.807, 2.05) is 6.08 Å². The molecule has 1 aliphatic heterocycles. The molecule has 1 heterocycles. The van der Waals surface area contributed by atoms with Crippen LogP contribution in [0.15, 0.2) is 11.6 Å². The second kappa shape index (κ2) is 18.6.